The van der Waals surface area contributed by atoms with E-state index in [0.29, 0.717) is 5.92 Å². The maximum Gasteiger partial charge on any atom is 0.0688 e. The minimum Gasteiger partial charge on any atom is -0.390 e. The van der Waals surface area contributed by atoms with Crippen molar-refractivity contribution in [2.75, 3.05) is 0 Å². The van der Waals surface area contributed by atoms with E-state index in [2.05, 4.69) is 34.6 Å². The molecule has 2 saturated carbocycles. The molecule has 0 aromatic rings. The highest BCUT2D eigenvalue weighted by Gasteiger charge is 2.51. The largest absolute Gasteiger partial charge is 0.390 e. The molecule has 0 aromatic carbocycles. The summed E-state index contributed by atoms with van der Waals surface area (Å²) in [6.45, 7) is 11.7. The van der Waals surface area contributed by atoms with Gasteiger partial charge in [-0.25, -0.2) is 0 Å². The summed E-state index contributed by atoms with van der Waals surface area (Å²) in [6.07, 6.45) is 9.78. The lowest BCUT2D eigenvalue weighted by molar-refractivity contribution is -0.143. The molecule has 0 radical (unpaired) electrons. The Hall–Kier alpha value is -0.0400. The van der Waals surface area contributed by atoms with Gasteiger partial charge in [0, 0.05) is 0 Å². The predicted molar refractivity (Wildman–Crippen MR) is 82.1 cm³/mol. The molecule has 0 aromatic heterocycles. The van der Waals surface area contributed by atoms with Gasteiger partial charge in [0.2, 0.25) is 0 Å². The summed E-state index contributed by atoms with van der Waals surface area (Å²) in [7, 11) is 0. The van der Waals surface area contributed by atoms with E-state index in [0.717, 1.165) is 18.8 Å². The Labute approximate surface area is 120 Å². The lowest BCUT2D eigenvalue weighted by atomic mass is 9.53. The second-order valence-electron chi connectivity index (χ2n) is 9.02. The van der Waals surface area contributed by atoms with Crippen LogP contribution in [0.15, 0.2) is 0 Å². The van der Waals surface area contributed by atoms with Crippen molar-refractivity contribution in [2.45, 2.75) is 91.6 Å². The molecular formula is C18H34O. The summed E-state index contributed by atoms with van der Waals surface area (Å²) in [4.78, 5) is 0. The molecular weight excluding hydrogens is 232 g/mol. The van der Waals surface area contributed by atoms with Crippen LogP contribution in [-0.4, -0.2) is 10.7 Å². The molecule has 2 unspecified atom stereocenters. The molecule has 2 aliphatic rings. The fraction of sp³-hybridized carbons (Fsp3) is 1.00. The Morgan fingerprint density at radius 3 is 1.95 bits per heavy atom. The van der Waals surface area contributed by atoms with Crippen LogP contribution in [0.25, 0.3) is 0 Å². The van der Waals surface area contributed by atoms with E-state index in [9.17, 15) is 5.11 Å². The van der Waals surface area contributed by atoms with Gasteiger partial charge in [-0.05, 0) is 48.3 Å². The van der Waals surface area contributed by atoms with Crippen LogP contribution in [0.3, 0.4) is 0 Å². The zero-order valence-electron chi connectivity index (χ0n) is 13.8. The first kappa shape index (κ1) is 15.4. The van der Waals surface area contributed by atoms with E-state index in [1.54, 1.807) is 0 Å². The van der Waals surface area contributed by atoms with Gasteiger partial charge >= 0.3 is 0 Å². The van der Waals surface area contributed by atoms with Crippen molar-refractivity contribution >= 4 is 0 Å². The third-order valence-corrected chi connectivity index (χ3v) is 5.65. The van der Waals surface area contributed by atoms with E-state index >= 15 is 0 Å². The molecule has 2 atom stereocenters. The smallest absolute Gasteiger partial charge is 0.0688 e. The Balaban J connectivity index is 2.24. The molecule has 0 amide bonds. The van der Waals surface area contributed by atoms with Gasteiger partial charge in [-0.15, -0.1) is 0 Å². The van der Waals surface area contributed by atoms with Gasteiger partial charge in [0.1, 0.15) is 0 Å². The van der Waals surface area contributed by atoms with E-state index in [4.69, 9.17) is 0 Å². The number of aliphatic hydroxyl groups is 1. The fourth-order valence-electron chi connectivity index (χ4n) is 5.81. The van der Waals surface area contributed by atoms with Gasteiger partial charge in [0.05, 0.1) is 5.60 Å². The third-order valence-electron chi connectivity index (χ3n) is 5.65. The van der Waals surface area contributed by atoms with Crippen molar-refractivity contribution in [3.05, 3.63) is 0 Å². The topological polar surface area (TPSA) is 20.2 Å². The van der Waals surface area contributed by atoms with Gasteiger partial charge in [-0.1, -0.05) is 60.3 Å². The van der Waals surface area contributed by atoms with Crippen molar-refractivity contribution in [2.24, 2.45) is 22.7 Å². The van der Waals surface area contributed by atoms with Crippen molar-refractivity contribution in [1.82, 2.24) is 0 Å². The lowest BCUT2D eigenvalue weighted by Crippen LogP contribution is -2.53. The third kappa shape index (κ3) is 3.35. The van der Waals surface area contributed by atoms with Crippen molar-refractivity contribution in [1.29, 1.82) is 0 Å². The highest BCUT2D eigenvalue weighted by molar-refractivity contribution is 5.03. The molecule has 1 nitrogen and oxygen atoms in total. The Morgan fingerprint density at radius 2 is 1.42 bits per heavy atom. The van der Waals surface area contributed by atoms with E-state index in [-0.39, 0.29) is 10.8 Å². The van der Waals surface area contributed by atoms with Crippen LogP contribution in [0.5, 0.6) is 0 Å². The summed E-state index contributed by atoms with van der Waals surface area (Å²) in [5, 5.41) is 11.5. The molecule has 0 bridgehead atoms. The SMILES string of the molecule is CCC1CCCCC1C1(O)CC(C)(C)CC(C)(C)C1. The van der Waals surface area contributed by atoms with Crippen molar-refractivity contribution in [3.63, 3.8) is 0 Å². The second kappa shape index (κ2) is 5.06. The van der Waals surface area contributed by atoms with Crippen LogP contribution in [-0.2, 0) is 0 Å². The summed E-state index contributed by atoms with van der Waals surface area (Å²) in [5.41, 5.74) is 0.158. The minimum absolute atomic E-state index is 0.284. The zero-order chi connectivity index (χ0) is 14.3. The molecule has 0 saturated heterocycles. The van der Waals surface area contributed by atoms with Gasteiger partial charge in [0.15, 0.2) is 0 Å². The summed E-state index contributed by atoms with van der Waals surface area (Å²) in [5.74, 6) is 1.30. The molecule has 2 fully saturated rings. The van der Waals surface area contributed by atoms with E-state index < -0.39 is 5.60 Å². The Kier molecular flexibility index (Phi) is 4.09. The van der Waals surface area contributed by atoms with Crippen molar-refractivity contribution in [3.8, 4) is 0 Å². The van der Waals surface area contributed by atoms with Crippen molar-refractivity contribution < 1.29 is 5.11 Å². The van der Waals surface area contributed by atoms with Gasteiger partial charge in [0.25, 0.3) is 0 Å². The Bertz CT molecular complexity index is 300. The number of hydrogen-bond donors (Lipinski definition) is 1. The van der Waals surface area contributed by atoms with E-state index in [1.807, 2.05) is 0 Å². The second-order valence-corrected chi connectivity index (χ2v) is 9.02. The summed E-state index contributed by atoms with van der Waals surface area (Å²) < 4.78 is 0. The predicted octanol–water partition coefficient (Wildman–Crippen LogP) is 5.17. The maximum absolute atomic E-state index is 11.5. The first-order valence-electron chi connectivity index (χ1n) is 8.40. The normalized spacial score (nSPS) is 36.9. The summed E-state index contributed by atoms with van der Waals surface area (Å²) in [6, 6.07) is 0. The fourth-order valence-corrected chi connectivity index (χ4v) is 5.81. The molecule has 19 heavy (non-hydrogen) atoms. The van der Waals surface area contributed by atoms with E-state index in [1.165, 1.54) is 38.5 Å². The number of rotatable bonds is 2. The Morgan fingerprint density at radius 1 is 0.895 bits per heavy atom. The van der Waals surface area contributed by atoms with Gasteiger partial charge in [-0.2, -0.15) is 0 Å². The first-order chi connectivity index (χ1) is 8.68. The minimum atomic E-state index is -0.410. The lowest BCUT2D eigenvalue weighted by Gasteiger charge is -2.55. The zero-order valence-corrected chi connectivity index (χ0v) is 13.8. The highest BCUT2D eigenvalue weighted by Crippen LogP contribution is 2.55. The quantitative estimate of drug-likeness (QED) is 0.731. The van der Waals surface area contributed by atoms with Gasteiger partial charge < -0.3 is 5.11 Å². The van der Waals surface area contributed by atoms with Crippen LogP contribution in [0.1, 0.15) is 86.0 Å². The van der Waals surface area contributed by atoms with Crippen LogP contribution in [0.4, 0.5) is 0 Å². The van der Waals surface area contributed by atoms with Crippen LogP contribution in [0.2, 0.25) is 0 Å². The highest BCUT2D eigenvalue weighted by atomic mass is 16.3. The van der Waals surface area contributed by atoms with Crippen LogP contribution >= 0.6 is 0 Å². The molecule has 2 aliphatic carbocycles. The van der Waals surface area contributed by atoms with Gasteiger partial charge in [-0.3, -0.25) is 0 Å². The van der Waals surface area contributed by atoms with Crippen LogP contribution < -0.4 is 0 Å². The molecule has 112 valence electrons. The summed E-state index contributed by atoms with van der Waals surface area (Å²) >= 11 is 0. The molecule has 1 heteroatoms. The number of hydrogen-bond acceptors (Lipinski definition) is 1. The molecule has 0 aliphatic heterocycles. The molecule has 1 N–H and O–H groups in total. The first-order valence-corrected chi connectivity index (χ1v) is 8.40. The monoisotopic (exact) mass is 266 g/mol. The standard InChI is InChI=1S/C18H34O/c1-6-14-9-7-8-10-15(14)18(19)12-16(2,3)11-17(4,5)13-18/h14-15,19H,6-13H2,1-5H3. The van der Waals surface area contributed by atoms with Crippen LogP contribution in [0, 0.1) is 22.7 Å². The average Bonchev–Trinajstić information content (AvgIpc) is 2.24. The maximum atomic E-state index is 11.5. The molecule has 0 heterocycles. The molecule has 2 rings (SSSR count). The average molecular weight is 266 g/mol. The molecule has 0 spiro atoms.